The molecule has 0 radical (unpaired) electrons. The highest BCUT2D eigenvalue weighted by Gasteiger charge is 1.83. The summed E-state index contributed by atoms with van der Waals surface area (Å²) in [7, 11) is 0. The van der Waals surface area contributed by atoms with Crippen LogP contribution in [0.15, 0.2) is 12.7 Å². The Morgan fingerprint density at radius 2 is 1.08 bits per heavy atom. The van der Waals surface area contributed by atoms with E-state index in [-0.39, 0.29) is 11.9 Å². The van der Waals surface area contributed by atoms with E-state index < -0.39 is 0 Å². The second kappa shape index (κ2) is 33.9. The summed E-state index contributed by atoms with van der Waals surface area (Å²) in [5.74, 6) is 0.167. The molecule has 0 bridgehead atoms. The molecule has 24 heavy (non-hydrogen) atoms. The summed E-state index contributed by atoms with van der Waals surface area (Å²) in [6.45, 7) is 16.9. The van der Waals surface area contributed by atoms with Crippen LogP contribution in [0.2, 0.25) is 0 Å². The van der Waals surface area contributed by atoms with Crippen molar-refractivity contribution in [2.24, 2.45) is 0 Å². The molecule has 0 saturated heterocycles. The zero-order valence-electron chi connectivity index (χ0n) is 18.0. The molecule has 0 aliphatic heterocycles. The molecule has 0 heterocycles. The van der Waals surface area contributed by atoms with Gasteiger partial charge in [0.1, 0.15) is 5.78 Å². The third kappa shape index (κ3) is 101. The van der Waals surface area contributed by atoms with Crippen LogP contribution in [0.3, 0.4) is 0 Å². The van der Waals surface area contributed by atoms with E-state index >= 15 is 0 Å². The van der Waals surface area contributed by atoms with Crippen molar-refractivity contribution in [1.29, 1.82) is 0 Å². The second-order valence-electron chi connectivity index (χ2n) is 6.55. The van der Waals surface area contributed by atoms with Crippen molar-refractivity contribution in [1.82, 2.24) is 0 Å². The van der Waals surface area contributed by atoms with Crippen LogP contribution in [0.4, 0.5) is 0 Å². The lowest BCUT2D eigenvalue weighted by Crippen LogP contribution is -1.85. The van der Waals surface area contributed by atoms with E-state index in [4.69, 9.17) is 5.11 Å². The number of hydrogen-bond donors (Lipinski definition) is 1. The maximum absolute atomic E-state index is 9.44. The van der Waals surface area contributed by atoms with E-state index in [1.165, 1.54) is 84.5 Å². The zero-order valence-corrected chi connectivity index (χ0v) is 18.0. The lowest BCUT2D eigenvalue weighted by molar-refractivity contribution is -0.114. The highest BCUT2D eigenvalue weighted by atomic mass is 16.3. The summed E-state index contributed by atoms with van der Waals surface area (Å²) >= 11 is 0. The third-order valence-electron chi connectivity index (χ3n) is 2.72. The standard InChI is InChI=1S/C8H18.C8H16.C3H8O.C3H6O/c2*1-3-5-7-8-6-4-2;2*1-3(2)4/h3-8H2,1-2H3;3H,1,4-8H2,2H3;3-4H,1-2H3;1-2H3. The predicted octanol–water partition coefficient (Wildman–Crippen LogP) is 7.49. The van der Waals surface area contributed by atoms with Crippen LogP contribution in [0.1, 0.15) is 119 Å². The van der Waals surface area contributed by atoms with E-state index in [9.17, 15) is 4.79 Å². The van der Waals surface area contributed by atoms with Gasteiger partial charge in [-0.2, -0.15) is 0 Å². The molecule has 0 saturated carbocycles. The average Bonchev–Trinajstić information content (AvgIpc) is 2.48. The van der Waals surface area contributed by atoms with E-state index in [2.05, 4.69) is 27.4 Å². The van der Waals surface area contributed by atoms with Gasteiger partial charge in [0.05, 0.1) is 0 Å². The van der Waals surface area contributed by atoms with Crippen molar-refractivity contribution >= 4 is 5.78 Å². The van der Waals surface area contributed by atoms with Gasteiger partial charge in [0.2, 0.25) is 0 Å². The summed E-state index contributed by atoms with van der Waals surface area (Å²) in [6.07, 6.45) is 16.9. The molecule has 0 aromatic rings. The van der Waals surface area contributed by atoms with Crippen molar-refractivity contribution in [3.05, 3.63) is 12.7 Å². The fourth-order valence-electron chi connectivity index (χ4n) is 1.57. The highest BCUT2D eigenvalue weighted by molar-refractivity contribution is 5.72. The van der Waals surface area contributed by atoms with Crippen molar-refractivity contribution in [3.8, 4) is 0 Å². The van der Waals surface area contributed by atoms with Crippen LogP contribution >= 0.6 is 0 Å². The van der Waals surface area contributed by atoms with Gasteiger partial charge in [-0.25, -0.2) is 0 Å². The SMILES string of the molecule is C=CCCCCCC.CC(C)=O.CC(C)O.CCCCCCCC. The van der Waals surface area contributed by atoms with Gasteiger partial charge in [-0.15, -0.1) is 6.58 Å². The summed E-state index contributed by atoms with van der Waals surface area (Å²) in [6, 6.07) is 0. The first-order valence-corrected chi connectivity index (χ1v) is 10.1. The molecular formula is C22H48O2. The van der Waals surface area contributed by atoms with E-state index in [1.807, 2.05) is 6.08 Å². The Balaban J connectivity index is -0.000000117. The molecule has 0 fully saturated rings. The Bertz CT molecular complexity index is 197. The van der Waals surface area contributed by atoms with E-state index in [0.717, 1.165) is 0 Å². The smallest absolute Gasteiger partial charge is 0.126 e. The molecule has 0 unspecified atom stereocenters. The molecule has 0 spiro atoms. The number of unbranched alkanes of at least 4 members (excludes halogenated alkanes) is 9. The highest BCUT2D eigenvalue weighted by Crippen LogP contribution is 2.03. The van der Waals surface area contributed by atoms with Crippen LogP contribution in [-0.2, 0) is 4.79 Å². The quantitative estimate of drug-likeness (QED) is 0.329. The van der Waals surface area contributed by atoms with Gasteiger partial charge in [0.25, 0.3) is 0 Å². The van der Waals surface area contributed by atoms with Crippen molar-refractivity contribution in [3.63, 3.8) is 0 Å². The fourth-order valence-corrected chi connectivity index (χ4v) is 1.57. The Labute approximate surface area is 154 Å². The first-order valence-electron chi connectivity index (χ1n) is 10.1. The summed E-state index contributed by atoms with van der Waals surface area (Å²) < 4.78 is 0. The number of aliphatic hydroxyl groups is 1. The number of ketones is 1. The van der Waals surface area contributed by atoms with Gasteiger partial charge >= 0.3 is 0 Å². The van der Waals surface area contributed by atoms with Gasteiger partial charge in [0.15, 0.2) is 0 Å². The van der Waals surface area contributed by atoms with Gasteiger partial charge in [0, 0.05) is 6.10 Å². The Morgan fingerprint density at radius 3 is 1.29 bits per heavy atom. The molecule has 2 heteroatoms. The number of carbonyl (C=O) groups excluding carboxylic acids is 1. The number of hydrogen-bond acceptors (Lipinski definition) is 2. The van der Waals surface area contributed by atoms with Gasteiger partial charge in [-0.1, -0.05) is 84.6 Å². The number of aliphatic hydroxyl groups excluding tert-OH is 1. The van der Waals surface area contributed by atoms with Crippen LogP contribution < -0.4 is 0 Å². The largest absolute Gasteiger partial charge is 0.394 e. The molecule has 2 nitrogen and oxygen atoms in total. The maximum Gasteiger partial charge on any atom is 0.126 e. The minimum absolute atomic E-state index is 0.167. The molecule has 0 amide bonds. The van der Waals surface area contributed by atoms with Crippen LogP contribution in [0, 0.1) is 0 Å². The molecule has 148 valence electrons. The third-order valence-corrected chi connectivity index (χ3v) is 2.72. The predicted molar refractivity (Wildman–Crippen MR) is 112 cm³/mol. The van der Waals surface area contributed by atoms with Crippen LogP contribution in [0.25, 0.3) is 0 Å². The topological polar surface area (TPSA) is 37.3 Å². The maximum atomic E-state index is 9.44. The number of allylic oxidation sites excluding steroid dienone is 1. The van der Waals surface area contributed by atoms with E-state index in [0.29, 0.717) is 0 Å². The van der Waals surface area contributed by atoms with Gasteiger partial charge in [-0.05, 0) is 40.5 Å². The minimum atomic E-state index is -0.167. The number of carbonyl (C=O) groups is 1. The molecule has 0 aliphatic rings. The Morgan fingerprint density at radius 1 is 0.833 bits per heavy atom. The van der Waals surface area contributed by atoms with Crippen molar-refractivity contribution in [2.45, 2.75) is 125 Å². The minimum Gasteiger partial charge on any atom is -0.394 e. The monoisotopic (exact) mass is 344 g/mol. The molecule has 1 N–H and O–H groups in total. The second-order valence-corrected chi connectivity index (χ2v) is 6.55. The molecule has 0 aromatic heterocycles. The normalized spacial score (nSPS) is 8.88. The number of rotatable bonds is 10. The Hall–Kier alpha value is -0.630. The van der Waals surface area contributed by atoms with E-state index in [1.54, 1.807) is 13.8 Å². The van der Waals surface area contributed by atoms with Crippen molar-refractivity contribution in [2.75, 3.05) is 0 Å². The Kier molecular flexibility index (Phi) is 44.0. The van der Waals surface area contributed by atoms with Crippen LogP contribution in [0.5, 0.6) is 0 Å². The first-order chi connectivity index (χ1) is 11.3. The molecule has 0 atom stereocenters. The summed E-state index contributed by atoms with van der Waals surface area (Å²) in [5, 5.41) is 8.06. The van der Waals surface area contributed by atoms with Crippen molar-refractivity contribution < 1.29 is 9.90 Å². The molecule has 0 aliphatic carbocycles. The summed E-state index contributed by atoms with van der Waals surface area (Å²) in [4.78, 5) is 9.44. The van der Waals surface area contributed by atoms with Crippen LogP contribution in [-0.4, -0.2) is 17.0 Å². The molecule has 0 aromatic carbocycles. The first kappa shape index (κ1) is 31.2. The zero-order chi connectivity index (χ0) is 19.6. The number of Topliss-reactive ketones (excluding diaryl/α,β-unsaturated/α-hetero) is 1. The molecule has 0 rings (SSSR count). The van der Waals surface area contributed by atoms with Gasteiger partial charge < -0.3 is 9.90 Å². The summed E-state index contributed by atoms with van der Waals surface area (Å²) in [5.41, 5.74) is 0. The fraction of sp³-hybridized carbons (Fsp3) is 0.864. The average molecular weight is 345 g/mol. The molecular weight excluding hydrogens is 296 g/mol. The lowest BCUT2D eigenvalue weighted by Gasteiger charge is -1.93. The van der Waals surface area contributed by atoms with Gasteiger partial charge in [-0.3, -0.25) is 0 Å². The lowest BCUT2D eigenvalue weighted by atomic mass is 10.1.